The number of hydrogen-bond acceptors (Lipinski definition) is 3. The van der Waals surface area contributed by atoms with Gasteiger partial charge in [-0.1, -0.05) is 0 Å². The highest BCUT2D eigenvalue weighted by atomic mass is 16.2. The Morgan fingerprint density at radius 1 is 1.32 bits per heavy atom. The van der Waals surface area contributed by atoms with E-state index in [4.69, 9.17) is 5.73 Å². The van der Waals surface area contributed by atoms with Gasteiger partial charge in [-0.3, -0.25) is 9.59 Å². The molecule has 1 saturated heterocycles. The molecule has 1 heterocycles. The van der Waals surface area contributed by atoms with E-state index < -0.39 is 0 Å². The number of likely N-dealkylation sites (tertiary alicyclic amines) is 1. The van der Waals surface area contributed by atoms with Gasteiger partial charge in [0.15, 0.2) is 0 Å². The normalized spacial score (nSPS) is 17.4. The predicted octanol–water partition coefficient (Wildman–Crippen LogP) is 0.879. The zero-order chi connectivity index (χ0) is 14.5. The van der Waals surface area contributed by atoms with Crippen LogP contribution in [0.4, 0.5) is 0 Å². The molecule has 1 aliphatic rings. The number of piperidine rings is 1. The standard InChI is InChI=1S/C14H27N3O2/c1-4-16-13(19)11-6-9-17(10-7-11)12(18)5-8-14(2,3)15/h11H,4-10,15H2,1-3H3,(H,16,19). The number of carbonyl (C=O) groups is 2. The van der Waals surface area contributed by atoms with Crippen molar-refractivity contribution in [3.63, 3.8) is 0 Å². The van der Waals surface area contributed by atoms with Crippen molar-refractivity contribution in [2.24, 2.45) is 11.7 Å². The molecule has 5 heteroatoms. The van der Waals surface area contributed by atoms with Gasteiger partial charge in [-0.25, -0.2) is 0 Å². The molecule has 1 fully saturated rings. The number of nitrogens with one attached hydrogen (secondary N) is 1. The summed E-state index contributed by atoms with van der Waals surface area (Å²) in [6.45, 7) is 7.83. The maximum atomic E-state index is 12.0. The van der Waals surface area contributed by atoms with Crippen LogP contribution >= 0.6 is 0 Å². The Bertz CT molecular complexity index is 315. The second-order valence-corrected chi connectivity index (χ2v) is 6.04. The van der Waals surface area contributed by atoms with Crippen LogP contribution in [0.2, 0.25) is 0 Å². The average molecular weight is 269 g/mol. The lowest BCUT2D eigenvalue weighted by Gasteiger charge is -2.32. The maximum absolute atomic E-state index is 12.0. The van der Waals surface area contributed by atoms with E-state index in [0.29, 0.717) is 32.5 Å². The molecular formula is C14H27N3O2. The fourth-order valence-corrected chi connectivity index (χ4v) is 2.30. The highest BCUT2D eigenvalue weighted by molar-refractivity contribution is 5.80. The van der Waals surface area contributed by atoms with Crippen LogP contribution in [-0.2, 0) is 9.59 Å². The average Bonchev–Trinajstić information content (AvgIpc) is 2.35. The summed E-state index contributed by atoms with van der Waals surface area (Å²) >= 11 is 0. The second-order valence-electron chi connectivity index (χ2n) is 6.04. The van der Waals surface area contributed by atoms with Gasteiger partial charge in [0.05, 0.1) is 0 Å². The molecule has 110 valence electrons. The van der Waals surface area contributed by atoms with Crippen molar-refractivity contribution >= 4 is 11.8 Å². The first-order valence-electron chi connectivity index (χ1n) is 7.18. The largest absolute Gasteiger partial charge is 0.356 e. The van der Waals surface area contributed by atoms with Crippen LogP contribution in [0.3, 0.4) is 0 Å². The van der Waals surface area contributed by atoms with Crippen molar-refractivity contribution in [3.8, 4) is 0 Å². The Hall–Kier alpha value is -1.10. The first-order valence-corrected chi connectivity index (χ1v) is 7.18. The van der Waals surface area contributed by atoms with E-state index in [1.165, 1.54) is 0 Å². The van der Waals surface area contributed by atoms with Crippen molar-refractivity contribution < 1.29 is 9.59 Å². The SMILES string of the molecule is CCNC(=O)C1CCN(C(=O)CCC(C)(C)N)CC1. The first kappa shape index (κ1) is 16.0. The summed E-state index contributed by atoms with van der Waals surface area (Å²) in [5.74, 6) is 0.348. The van der Waals surface area contributed by atoms with E-state index in [1.807, 2.05) is 25.7 Å². The van der Waals surface area contributed by atoms with E-state index in [2.05, 4.69) is 5.32 Å². The minimum Gasteiger partial charge on any atom is -0.356 e. The molecular weight excluding hydrogens is 242 g/mol. The molecule has 2 amide bonds. The smallest absolute Gasteiger partial charge is 0.223 e. The number of carbonyl (C=O) groups excluding carboxylic acids is 2. The zero-order valence-corrected chi connectivity index (χ0v) is 12.4. The van der Waals surface area contributed by atoms with Crippen LogP contribution in [0.25, 0.3) is 0 Å². The third-order valence-electron chi connectivity index (χ3n) is 3.55. The first-order chi connectivity index (χ1) is 8.83. The topological polar surface area (TPSA) is 75.4 Å². The molecule has 0 atom stereocenters. The van der Waals surface area contributed by atoms with Gasteiger partial charge in [0, 0.05) is 37.5 Å². The Morgan fingerprint density at radius 2 is 1.89 bits per heavy atom. The molecule has 3 N–H and O–H groups in total. The summed E-state index contributed by atoms with van der Waals surface area (Å²) in [6.07, 6.45) is 2.73. The van der Waals surface area contributed by atoms with Crippen LogP contribution in [0.1, 0.15) is 46.5 Å². The van der Waals surface area contributed by atoms with Gasteiger partial charge in [0.1, 0.15) is 0 Å². The lowest BCUT2D eigenvalue weighted by Crippen LogP contribution is -2.43. The molecule has 0 unspecified atom stereocenters. The van der Waals surface area contributed by atoms with Crippen LogP contribution in [0.15, 0.2) is 0 Å². The van der Waals surface area contributed by atoms with E-state index in [-0.39, 0.29) is 23.3 Å². The summed E-state index contributed by atoms with van der Waals surface area (Å²) in [6, 6.07) is 0. The molecule has 19 heavy (non-hydrogen) atoms. The van der Waals surface area contributed by atoms with E-state index >= 15 is 0 Å². The van der Waals surface area contributed by atoms with Crippen molar-refractivity contribution in [3.05, 3.63) is 0 Å². The number of hydrogen-bond donors (Lipinski definition) is 2. The van der Waals surface area contributed by atoms with Crippen molar-refractivity contribution in [1.82, 2.24) is 10.2 Å². The number of amides is 2. The quantitative estimate of drug-likeness (QED) is 0.778. The van der Waals surface area contributed by atoms with E-state index in [9.17, 15) is 9.59 Å². The van der Waals surface area contributed by atoms with Crippen molar-refractivity contribution in [2.75, 3.05) is 19.6 Å². The lowest BCUT2D eigenvalue weighted by molar-refractivity contribution is -0.135. The minimum absolute atomic E-state index is 0.0648. The highest BCUT2D eigenvalue weighted by Gasteiger charge is 2.27. The van der Waals surface area contributed by atoms with E-state index in [0.717, 1.165) is 12.8 Å². The van der Waals surface area contributed by atoms with Crippen molar-refractivity contribution in [2.45, 2.75) is 52.0 Å². The molecule has 0 radical (unpaired) electrons. The summed E-state index contributed by atoms with van der Waals surface area (Å²) in [4.78, 5) is 25.6. The van der Waals surface area contributed by atoms with Gasteiger partial charge < -0.3 is 16.0 Å². The van der Waals surface area contributed by atoms with Gasteiger partial charge in [-0.15, -0.1) is 0 Å². The van der Waals surface area contributed by atoms with Gasteiger partial charge >= 0.3 is 0 Å². The fraction of sp³-hybridized carbons (Fsp3) is 0.857. The molecule has 5 nitrogen and oxygen atoms in total. The van der Waals surface area contributed by atoms with Crippen LogP contribution in [0, 0.1) is 5.92 Å². The molecule has 0 saturated carbocycles. The third kappa shape index (κ3) is 5.59. The van der Waals surface area contributed by atoms with Crippen LogP contribution in [0.5, 0.6) is 0 Å². The highest BCUT2D eigenvalue weighted by Crippen LogP contribution is 2.19. The molecule has 1 aliphatic heterocycles. The monoisotopic (exact) mass is 269 g/mol. The Labute approximate surface area is 115 Å². The van der Waals surface area contributed by atoms with Gasteiger partial charge in [0.25, 0.3) is 0 Å². The third-order valence-corrected chi connectivity index (χ3v) is 3.55. The Kier molecular flexibility index (Phi) is 5.79. The molecule has 1 rings (SSSR count). The Balaban J connectivity index is 2.33. The molecule has 0 aromatic heterocycles. The molecule has 0 bridgehead atoms. The molecule has 0 aliphatic carbocycles. The fourth-order valence-electron chi connectivity index (χ4n) is 2.30. The van der Waals surface area contributed by atoms with E-state index in [1.54, 1.807) is 0 Å². The minimum atomic E-state index is -0.297. The maximum Gasteiger partial charge on any atom is 0.223 e. The summed E-state index contributed by atoms with van der Waals surface area (Å²) in [7, 11) is 0. The number of nitrogens with two attached hydrogens (primary N) is 1. The van der Waals surface area contributed by atoms with Crippen molar-refractivity contribution in [1.29, 1.82) is 0 Å². The number of nitrogens with zero attached hydrogens (tertiary/aromatic N) is 1. The van der Waals surface area contributed by atoms with Crippen LogP contribution in [-0.4, -0.2) is 41.9 Å². The van der Waals surface area contributed by atoms with Crippen LogP contribution < -0.4 is 11.1 Å². The zero-order valence-electron chi connectivity index (χ0n) is 12.4. The summed E-state index contributed by atoms with van der Waals surface area (Å²) in [5, 5.41) is 2.85. The summed E-state index contributed by atoms with van der Waals surface area (Å²) < 4.78 is 0. The number of rotatable bonds is 5. The molecule has 0 aromatic carbocycles. The second kappa shape index (κ2) is 6.89. The molecule has 0 aromatic rings. The van der Waals surface area contributed by atoms with Gasteiger partial charge in [-0.05, 0) is 40.0 Å². The van der Waals surface area contributed by atoms with Gasteiger partial charge in [-0.2, -0.15) is 0 Å². The summed E-state index contributed by atoms with van der Waals surface area (Å²) in [5.41, 5.74) is 5.59. The van der Waals surface area contributed by atoms with Gasteiger partial charge in [0.2, 0.25) is 11.8 Å². The lowest BCUT2D eigenvalue weighted by atomic mass is 9.94. The predicted molar refractivity (Wildman–Crippen MR) is 75.5 cm³/mol. The Morgan fingerprint density at radius 3 is 2.37 bits per heavy atom. The molecule has 0 spiro atoms.